The smallest absolute Gasteiger partial charge is 0.232 e. The molecule has 28 heavy (non-hydrogen) atoms. The van der Waals surface area contributed by atoms with Crippen LogP contribution in [0.5, 0.6) is 0 Å². The normalized spacial score (nSPS) is 19.3. The van der Waals surface area contributed by atoms with Gasteiger partial charge in [-0.1, -0.05) is 40.6 Å². The van der Waals surface area contributed by atoms with Crippen LogP contribution in [0, 0.1) is 20.8 Å². The summed E-state index contributed by atoms with van der Waals surface area (Å²) in [6.45, 7) is 6.84. The number of hydrogen-bond acceptors (Lipinski definition) is 6. The van der Waals surface area contributed by atoms with E-state index in [2.05, 4.69) is 27.4 Å². The van der Waals surface area contributed by atoms with E-state index in [-0.39, 0.29) is 17.7 Å². The highest BCUT2D eigenvalue weighted by Crippen LogP contribution is 2.39. The van der Waals surface area contributed by atoms with Crippen LogP contribution in [0.4, 0.5) is 0 Å². The highest BCUT2D eigenvalue weighted by molar-refractivity contribution is 5.77. The Balaban J connectivity index is 1.51. The molecule has 1 saturated heterocycles. The van der Waals surface area contributed by atoms with Crippen LogP contribution in [0.3, 0.4) is 0 Å². The Bertz CT molecular complexity index is 944. The summed E-state index contributed by atoms with van der Waals surface area (Å²) >= 11 is 0. The molecule has 2 atom stereocenters. The van der Waals surface area contributed by atoms with Crippen LogP contribution in [0.15, 0.2) is 39.4 Å². The third-order valence-electron chi connectivity index (χ3n) is 5.53. The molecule has 146 valence electrons. The van der Waals surface area contributed by atoms with E-state index in [1.807, 2.05) is 43.9 Å². The van der Waals surface area contributed by atoms with Crippen molar-refractivity contribution in [2.24, 2.45) is 0 Å². The Labute approximate surface area is 163 Å². The summed E-state index contributed by atoms with van der Waals surface area (Å²) in [4.78, 5) is 19.3. The number of hydrogen-bond donors (Lipinski definition) is 0. The van der Waals surface area contributed by atoms with Crippen molar-refractivity contribution in [3.63, 3.8) is 0 Å². The Kier molecular flexibility index (Phi) is 4.98. The first-order valence-corrected chi connectivity index (χ1v) is 9.57. The van der Waals surface area contributed by atoms with E-state index in [4.69, 9.17) is 9.05 Å². The first kappa shape index (κ1) is 18.4. The van der Waals surface area contributed by atoms with Crippen molar-refractivity contribution in [3.05, 3.63) is 64.6 Å². The molecule has 4 rings (SSSR count). The molecule has 0 aliphatic carbocycles. The van der Waals surface area contributed by atoms with E-state index < -0.39 is 0 Å². The lowest BCUT2D eigenvalue weighted by atomic mass is 9.89. The van der Waals surface area contributed by atoms with Crippen molar-refractivity contribution >= 4 is 5.91 Å². The van der Waals surface area contributed by atoms with E-state index >= 15 is 0 Å². The maximum atomic E-state index is 12.9. The van der Waals surface area contributed by atoms with Crippen molar-refractivity contribution in [2.75, 3.05) is 13.1 Å². The van der Waals surface area contributed by atoms with E-state index in [1.54, 1.807) is 0 Å². The van der Waals surface area contributed by atoms with Gasteiger partial charge in [-0.2, -0.15) is 4.98 Å². The van der Waals surface area contributed by atoms with Crippen LogP contribution < -0.4 is 0 Å². The molecule has 2 aromatic heterocycles. The maximum Gasteiger partial charge on any atom is 0.232 e. The van der Waals surface area contributed by atoms with Gasteiger partial charge in [0.15, 0.2) is 5.82 Å². The number of carbonyl (C=O) groups excluding carboxylic acids is 1. The average Bonchev–Trinajstić information content (AvgIpc) is 3.40. The van der Waals surface area contributed by atoms with Gasteiger partial charge in [0.1, 0.15) is 5.76 Å². The zero-order valence-electron chi connectivity index (χ0n) is 16.4. The minimum atomic E-state index is 0.00612. The molecule has 0 radical (unpaired) electrons. The molecular formula is C21H24N4O3. The molecule has 1 aliphatic heterocycles. The molecule has 7 nitrogen and oxygen atoms in total. The zero-order chi connectivity index (χ0) is 19.7. The van der Waals surface area contributed by atoms with Gasteiger partial charge in [-0.3, -0.25) is 4.79 Å². The molecule has 2 unspecified atom stereocenters. The zero-order valence-corrected chi connectivity index (χ0v) is 16.4. The number of rotatable bonds is 5. The van der Waals surface area contributed by atoms with Gasteiger partial charge in [-0.05, 0) is 32.8 Å². The molecule has 7 heteroatoms. The lowest BCUT2D eigenvalue weighted by Crippen LogP contribution is -2.29. The van der Waals surface area contributed by atoms with Crippen molar-refractivity contribution in [2.45, 2.75) is 45.4 Å². The summed E-state index contributed by atoms with van der Waals surface area (Å²) in [7, 11) is 0. The predicted octanol–water partition coefficient (Wildman–Crippen LogP) is 3.33. The third kappa shape index (κ3) is 3.56. The van der Waals surface area contributed by atoms with Crippen LogP contribution >= 0.6 is 0 Å². The third-order valence-corrected chi connectivity index (χ3v) is 5.53. The first-order valence-electron chi connectivity index (χ1n) is 9.57. The highest BCUT2D eigenvalue weighted by atomic mass is 16.5. The fraction of sp³-hybridized carbons (Fsp3) is 0.429. The van der Waals surface area contributed by atoms with Crippen LogP contribution in [0.25, 0.3) is 0 Å². The Morgan fingerprint density at radius 1 is 1.07 bits per heavy atom. The molecule has 0 bridgehead atoms. The van der Waals surface area contributed by atoms with Gasteiger partial charge in [0, 0.05) is 31.0 Å². The summed E-state index contributed by atoms with van der Waals surface area (Å²) in [5.41, 5.74) is 3.06. The number of aryl methyl sites for hydroxylation is 3. The standard InChI is InChI=1S/C21H24N4O3/c1-13-17(14(2)27-23-13)9-10-20(26)25-11-18(16-7-5-4-6-8-16)19(12-25)21-22-15(3)24-28-21/h4-8,18-19H,9-12H2,1-3H3. The molecular weight excluding hydrogens is 356 g/mol. The van der Waals surface area contributed by atoms with Gasteiger partial charge < -0.3 is 13.9 Å². The summed E-state index contributed by atoms with van der Waals surface area (Å²) in [6.07, 6.45) is 1.07. The number of likely N-dealkylation sites (tertiary alicyclic amines) is 1. The van der Waals surface area contributed by atoms with Crippen molar-refractivity contribution < 1.29 is 13.8 Å². The number of nitrogens with zero attached hydrogens (tertiary/aromatic N) is 4. The van der Waals surface area contributed by atoms with Gasteiger partial charge in [0.05, 0.1) is 11.6 Å². The highest BCUT2D eigenvalue weighted by Gasteiger charge is 2.40. The summed E-state index contributed by atoms with van der Waals surface area (Å²) in [6, 6.07) is 10.2. The second-order valence-corrected chi connectivity index (χ2v) is 7.40. The Morgan fingerprint density at radius 2 is 1.82 bits per heavy atom. The second-order valence-electron chi connectivity index (χ2n) is 7.40. The Hall–Kier alpha value is -2.96. The quantitative estimate of drug-likeness (QED) is 0.675. The SMILES string of the molecule is Cc1noc(C2CN(C(=O)CCc3c(C)noc3C)CC2c2ccccc2)n1. The number of aromatic nitrogens is 3. The number of amides is 1. The fourth-order valence-electron chi connectivity index (χ4n) is 4.01. The van der Waals surface area contributed by atoms with Crippen molar-refractivity contribution in [3.8, 4) is 0 Å². The molecule has 1 amide bonds. The van der Waals surface area contributed by atoms with E-state index in [9.17, 15) is 4.79 Å². The van der Waals surface area contributed by atoms with E-state index in [0.717, 1.165) is 17.0 Å². The van der Waals surface area contributed by atoms with Crippen LogP contribution in [0.2, 0.25) is 0 Å². The van der Waals surface area contributed by atoms with Crippen LogP contribution in [0.1, 0.15) is 52.6 Å². The van der Waals surface area contributed by atoms with Gasteiger partial charge in [-0.15, -0.1) is 0 Å². The summed E-state index contributed by atoms with van der Waals surface area (Å²) in [5, 5.41) is 7.91. The fourth-order valence-corrected chi connectivity index (χ4v) is 4.01. The minimum absolute atomic E-state index is 0.00612. The van der Waals surface area contributed by atoms with Crippen LogP contribution in [-0.2, 0) is 11.2 Å². The largest absolute Gasteiger partial charge is 0.361 e. The molecule has 0 spiro atoms. The molecule has 0 N–H and O–H groups in total. The lowest BCUT2D eigenvalue weighted by Gasteiger charge is -2.16. The minimum Gasteiger partial charge on any atom is -0.361 e. The second kappa shape index (κ2) is 7.58. The molecule has 3 heterocycles. The van der Waals surface area contributed by atoms with E-state index in [0.29, 0.717) is 37.6 Å². The number of carbonyl (C=O) groups is 1. The van der Waals surface area contributed by atoms with Crippen molar-refractivity contribution in [1.82, 2.24) is 20.2 Å². The summed E-state index contributed by atoms with van der Waals surface area (Å²) in [5.74, 6) is 2.28. The van der Waals surface area contributed by atoms with E-state index in [1.165, 1.54) is 5.56 Å². The molecule has 1 aromatic carbocycles. The van der Waals surface area contributed by atoms with Crippen LogP contribution in [-0.4, -0.2) is 39.2 Å². The van der Waals surface area contributed by atoms with Gasteiger partial charge in [-0.25, -0.2) is 0 Å². The molecule has 1 aliphatic rings. The Morgan fingerprint density at radius 3 is 2.46 bits per heavy atom. The topological polar surface area (TPSA) is 85.3 Å². The van der Waals surface area contributed by atoms with Gasteiger partial charge in [0.2, 0.25) is 11.8 Å². The van der Waals surface area contributed by atoms with Gasteiger partial charge >= 0.3 is 0 Å². The predicted molar refractivity (Wildman–Crippen MR) is 102 cm³/mol. The average molecular weight is 380 g/mol. The first-order chi connectivity index (χ1) is 13.5. The molecule has 1 fully saturated rings. The summed E-state index contributed by atoms with van der Waals surface area (Å²) < 4.78 is 10.7. The lowest BCUT2D eigenvalue weighted by molar-refractivity contribution is -0.130. The van der Waals surface area contributed by atoms with Crippen molar-refractivity contribution in [1.29, 1.82) is 0 Å². The maximum absolute atomic E-state index is 12.9. The number of benzene rings is 1. The monoisotopic (exact) mass is 380 g/mol. The molecule has 0 saturated carbocycles. The van der Waals surface area contributed by atoms with Gasteiger partial charge in [0.25, 0.3) is 0 Å². The molecule has 3 aromatic rings.